The predicted molar refractivity (Wildman–Crippen MR) is 163 cm³/mol. The van der Waals surface area contributed by atoms with Gasteiger partial charge in [0.2, 0.25) is 0 Å². The maximum absolute atomic E-state index is 5.30. The molecule has 0 aromatic rings. The Hall–Kier alpha value is -0.417. The first-order valence-corrected chi connectivity index (χ1v) is 13.5. The Morgan fingerprint density at radius 3 is 1.31 bits per heavy atom. The number of likely N-dealkylation sites (tertiary alicyclic amines) is 3. The van der Waals surface area contributed by atoms with E-state index in [-0.39, 0.29) is 29.8 Å². The molecule has 3 saturated heterocycles. The fourth-order valence-corrected chi connectivity index (χ4v) is 3.40. The largest absolute Gasteiger partial charge is 2.00 e. The van der Waals surface area contributed by atoms with Crippen molar-refractivity contribution in [3.05, 3.63) is 38.4 Å². The SMILES string of the molecule is C/C=C\N.CC.CC.CC1CCN(C)CC1.CN1CCC(/C=C\N)CC1.CN1CC[CH-]CC1.[3HH].[3HH].[CH3-].[Zn+2]. The van der Waals surface area contributed by atoms with Crippen molar-refractivity contribution in [2.24, 2.45) is 23.3 Å². The summed E-state index contributed by atoms with van der Waals surface area (Å²) < 4.78 is 0. The van der Waals surface area contributed by atoms with Crippen LogP contribution in [0.4, 0.5) is 0 Å². The Labute approximate surface area is 238 Å². The second-order valence-electron chi connectivity index (χ2n) is 8.71. The van der Waals surface area contributed by atoms with E-state index in [1.165, 1.54) is 84.0 Å². The molecule has 0 saturated carbocycles. The van der Waals surface area contributed by atoms with Crippen LogP contribution in [0.3, 0.4) is 0 Å². The third-order valence-electron chi connectivity index (χ3n) is 5.78. The summed E-state index contributed by atoms with van der Waals surface area (Å²) in [5, 5.41) is 0. The third-order valence-corrected chi connectivity index (χ3v) is 5.78. The minimum Gasteiger partial charge on any atom is -0.405 e. The Balaban J connectivity index is -0.0000000617. The van der Waals surface area contributed by atoms with Crippen molar-refractivity contribution < 1.29 is 22.3 Å². The fourth-order valence-electron chi connectivity index (χ4n) is 3.40. The van der Waals surface area contributed by atoms with Crippen LogP contribution in [-0.2, 0) is 19.5 Å². The molecule has 3 fully saturated rings. The van der Waals surface area contributed by atoms with Crippen molar-refractivity contribution >= 4 is 0 Å². The Morgan fingerprint density at radius 2 is 1.06 bits per heavy atom. The van der Waals surface area contributed by atoms with Crippen LogP contribution in [-0.4, -0.2) is 75.1 Å². The molecule has 0 spiro atoms. The number of nitrogens with zero attached hydrogens (tertiary/aromatic N) is 3. The molecule has 6 heteroatoms. The standard InChI is InChI=1S/C8H16N2.C7H15N.C6H12N.C3H7N.2C2H6.CH3.Zn.2H2/c1-10-6-3-8(2-5-9)4-7-10;1-7-3-5-8(2)6-4-7;1-7-5-3-2-4-6-7;1-2-3-4;2*1-2;;;;/h2,5,8H,3-4,6-7,9H2,1H3;7H,3-6H2,1-2H3;2H,3-6H2,1H3;2-3H,4H2,1H3;2*1-2H3;1H3;;2*1H/q;;-1;;;;-1;+2;;/b5-2-;;;3-2-;;;;;;/i;;;;;;;;2*1+2. The summed E-state index contributed by atoms with van der Waals surface area (Å²) in [5.41, 5.74) is 10.1. The molecular formula is C29H69N5Zn. The zero-order valence-electron chi connectivity index (χ0n) is 25.7. The van der Waals surface area contributed by atoms with Gasteiger partial charge in [-0.2, -0.15) is 12.8 Å². The van der Waals surface area contributed by atoms with Gasteiger partial charge in [0.25, 0.3) is 0 Å². The molecule has 0 aliphatic carbocycles. The van der Waals surface area contributed by atoms with Crippen LogP contribution in [0.1, 0.15) is 82.9 Å². The molecule has 212 valence electrons. The van der Waals surface area contributed by atoms with E-state index in [1.54, 1.807) is 12.3 Å². The molecule has 3 rings (SSSR count). The summed E-state index contributed by atoms with van der Waals surface area (Å²) in [5.74, 6) is 1.72. The van der Waals surface area contributed by atoms with Crippen LogP contribution in [0.2, 0.25) is 0 Å². The summed E-state index contributed by atoms with van der Waals surface area (Å²) in [4.78, 5) is 7.13. The number of hydrogen-bond acceptors (Lipinski definition) is 5. The Bertz CT molecular complexity index is 393. The quantitative estimate of drug-likeness (QED) is 0.284. The molecular weight excluding hydrogens is 484 g/mol. The first kappa shape index (κ1) is 44.6. The first-order valence-electron chi connectivity index (χ1n) is 13.5. The van der Waals surface area contributed by atoms with Crippen molar-refractivity contribution in [1.82, 2.24) is 14.7 Å². The fraction of sp³-hybridized carbons (Fsp3) is 0.793. The molecule has 4 N–H and O–H groups in total. The van der Waals surface area contributed by atoms with Crippen LogP contribution in [0.25, 0.3) is 0 Å². The monoisotopic (exact) mass is 556 g/mol. The Kier molecular flexibility index (Phi) is 45.5. The van der Waals surface area contributed by atoms with E-state index in [0.717, 1.165) is 11.8 Å². The van der Waals surface area contributed by atoms with Gasteiger partial charge in [0.1, 0.15) is 0 Å². The topological polar surface area (TPSA) is 61.8 Å². The average Bonchev–Trinajstić information content (AvgIpc) is 2.86. The smallest absolute Gasteiger partial charge is 0.405 e. The number of rotatable bonds is 1. The summed E-state index contributed by atoms with van der Waals surface area (Å²) in [7, 11) is 6.54. The molecule has 3 aliphatic rings. The minimum absolute atomic E-state index is 0. The minimum atomic E-state index is 0. The van der Waals surface area contributed by atoms with Crippen molar-refractivity contribution in [1.29, 1.82) is 0 Å². The second-order valence-corrected chi connectivity index (χ2v) is 8.71. The molecule has 0 bridgehead atoms. The van der Waals surface area contributed by atoms with Gasteiger partial charge in [0.15, 0.2) is 0 Å². The number of allylic oxidation sites excluding steroid dienone is 2. The zero-order chi connectivity index (χ0) is 25.9. The van der Waals surface area contributed by atoms with Gasteiger partial charge in [-0.3, -0.25) is 0 Å². The number of piperidine rings is 3. The van der Waals surface area contributed by atoms with E-state index in [2.05, 4.69) is 55.3 Å². The van der Waals surface area contributed by atoms with Crippen molar-refractivity contribution in [2.45, 2.75) is 80.1 Å². The molecule has 0 aromatic carbocycles. The molecule has 3 aliphatic heterocycles. The normalized spacial score (nSPS) is 19.3. The van der Waals surface area contributed by atoms with Crippen LogP contribution in [0, 0.1) is 25.7 Å². The molecule has 0 amide bonds. The van der Waals surface area contributed by atoms with Gasteiger partial charge in [-0.25, -0.2) is 0 Å². The Morgan fingerprint density at radius 1 is 0.714 bits per heavy atom. The van der Waals surface area contributed by atoms with Gasteiger partial charge in [-0.1, -0.05) is 46.8 Å². The molecule has 0 unspecified atom stereocenters. The van der Waals surface area contributed by atoms with E-state index >= 15 is 0 Å². The maximum atomic E-state index is 5.30. The van der Waals surface area contributed by atoms with Gasteiger partial charge < -0.3 is 40.0 Å². The number of hydrogen-bond donors (Lipinski definition) is 2. The molecule has 3 heterocycles. The van der Waals surface area contributed by atoms with E-state index in [1.807, 2.05) is 34.6 Å². The van der Waals surface area contributed by atoms with Crippen molar-refractivity contribution in [3.8, 4) is 0 Å². The maximum Gasteiger partial charge on any atom is 2.00 e. The van der Waals surface area contributed by atoms with E-state index in [4.69, 9.17) is 11.5 Å². The predicted octanol–water partition coefficient (Wildman–Crippen LogP) is 6.54. The zero-order valence-corrected chi connectivity index (χ0v) is 28.7. The summed E-state index contributed by atoms with van der Waals surface area (Å²) in [6.45, 7) is 19.8. The molecule has 5 nitrogen and oxygen atoms in total. The van der Waals surface area contributed by atoms with Crippen molar-refractivity contribution in [2.75, 3.05) is 60.4 Å². The summed E-state index contributed by atoms with van der Waals surface area (Å²) >= 11 is 0. The molecule has 35 heavy (non-hydrogen) atoms. The average molecular weight is 557 g/mol. The first-order chi connectivity index (χ1) is 15.9. The van der Waals surface area contributed by atoms with Gasteiger partial charge in [-0.15, -0.1) is 0 Å². The molecule has 0 radical (unpaired) electrons. The third kappa shape index (κ3) is 33.6. The van der Waals surface area contributed by atoms with Gasteiger partial charge in [0.05, 0.1) is 0 Å². The number of nitrogens with two attached hydrogens (primary N) is 2. The van der Waals surface area contributed by atoms with Crippen LogP contribution >= 0.6 is 0 Å². The van der Waals surface area contributed by atoms with E-state index in [0.29, 0.717) is 0 Å². The second kappa shape index (κ2) is 35.7. The molecule has 0 aromatic heterocycles. The van der Waals surface area contributed by atoms with Crippen molar-refractivity contribution in [3.63, 3.8) is 0 Å². The van der Waals surface area contributed by atoms with E-state index < -0.39 is 0 Å². The van der Waals surface area contributed by atoms with Crippen LogP contribution in [0.5, 0.6) is 0 Å². The summed E-state index contributed by atoms with van der Waals surface area (Å²) in [6, 6.07) is 0. The van der Waals surface area contributed by atoms with Gasteiger partial charge in [-0.05, 0) is 117 Å². The van der Waals surface area contributed by atoms with Gasteiger partial charge >= 0.3 is 19.5 Å². The van der Waals surface area contributed by atoms with E-state index in [9.17, 15) is 0 Å². The van der Waals surface area contributed by atoms with Crippen LogP contribution < -0.4 is 11.5 Å². The van der Waals surface area contributed by atoms with Gasteiger partial charge in [0, 0.05) is 2.85 Å². The summed E-state index contributed by atoms with van der Waals surface area (Å²) in [6.07, 6.45) is 17.3. The molecule has 0 atom stereocenters. The van der Waals surface area contributed by atoms with Crippen LogP contribution in [0.15, 0.2) is 24.6 Å².